The number of piperidine rings is 1. The molecule has 0 aliphatic carbocycles. The third-order valence-electron chi connectivity index (χ3n) is 5.15. The molecule has 0 atom stereocenters. The maximum absolute atomic E-state index is 12.1. The van der Waals surface area contributed by atoms with E-state index in [9.17, 15) is 4.79 Å². The largest absolute Gasteiger partial charge is 0.488 e. The number of carbonyl (C=O) groups is 1. The minimum absolute atomic E-state index is 0.134. The highest BCUT2D eigenvalue weighted by Crippen LogP contribution is 2.27. The summed E-state index contributed by atoms with van der Waals surface area (Å²) < 4.78 is 11.2. The van der Waals surface area contributed by atoms with E-state index in [1.54, 1.807) is 25.4 Å². The Kier molecular flexibility index (Phi) is 6.91. The van der Waals surface area contributed by atoms with Crippen molar-refractivity contribution in [2.45, 2.75) is 18.9 Å². The molecule has 2 heterocycles. The highest BCUT2D eigenvalue weighted by molar-refractivity contribution is 5.94. The number of ether oxygens (including phenoxy) is 2. The van der Waals surface area contributed by atoms with E-state index in [4.69, 9.17) is 9.47 Å². The fourth-order valence-corrected chi connectivity index (χ4v) is 3.48. The summed E-state index contributed by atoms with van der Waals surface area (Å²) in [6.07, 6.45) is 3.95. The van der Waals surface area contributed by atoms with Gasteiger partial charge in [-0.05, 0) is 56.3 Å². The second-order valence-electron chi connectivity index (χ2n) is 7.41. The van der Waals surface area contributed by atoms with E-state index in [-0.39, 0.29) is 12.0 Å². The molecule has 31 heavy (non-hydrogen) atoms. The Morgan fingerprint density at radius 1 is 1.16 bits per heavy atom. The number of amides is 1. The fourth-order valence-electron chi connectivity index (χ4n) is 3.48. The van der Waals surface area contributed by atoms with Crippen LogP contribution in [0.5, 0.6) is 5.75 Å². The highest BCUT2D eigenvalue weighted by atomic mass is 16.5. The van der Waals surface area contributed by atoms with E-state index < -0.39 is 0 Å². The van der Waals surface area contributed by atoms with Gasteiger partial charge in [-0.1, -0.05) is 12.1 Å². The molecule has 4 rings (SSSR count). The molecular weight excluding hydrogens is 394 g/mol. The Bertz CT molecular complexity index is 1020. The number of benzene rings is 2. The van der Waals surface area contributed by atoms with Crippen molar-refractivity contribution in [3.63, 3.8) is 0 Å². The number of para-hydroxylation sites is 1. The molecule has 1 saturated heterocycles. The molecule has 1 aliphatic heterocycles. The van der Waals surface area contributed by atoms with Crippen molar-refractivity contribution in [1.29, 1.82) is 0 Å². The van der Waals surface area contributed by atoms with Crippen LogP contribution in [-0.2, 0) is 4.74 Å². The van der Waals surface area contributed by atoms with Crippen molar-refractivity contribution in [1.82, 2.24) is 20.6 Å². The second-order valence-corrected chi connectivity index (χ2v) is 7.41. The average molecular weight is 422 g/mol. The molecule has 0 saturated carbocycles. The molecule has 3 N–H and O–H groups in total. The van der Waals surface area contributed by atoms with E-state index in [0.29, 0.717) is 24.7 Å². The first kappa shape index (κ1) is 21.0. The molecular formula is C23H27N5O3. The summed E-state index contributed by atoms with van der Waals surface area (Å²) in [4.78, 5) is 21.2. The number of aromatic nitrogens is 2. The molecule has 8 heteroatoms. The van der Waals surface area contributed by atoms with Gasteiger partial charge in [0.15, 0.2) is 0 Å². The van der Waals surface area contributed by atoms with Crippen LogP contribution in [0.3, 0.4) is 0 Å². The van der Waals surface area contributed by atoms with Crippen molar-refractivity contribution >= 4 is 28.4 Å². The topological polar surface area (TPSA) is 97.4 Å². The van der Waals surface area contributed by atoms with Crippen molar-refractivity contribution in [3.8, 4) is 5.75 Å². The number of anilines is 2. The summed E-state index contributed by atoms with van der Waals surface area (Å²) in [5.74, 6) is 1.12. The van der Waals surface area contributed by atoms with E-state index in [1.807, 2.05) is 30.3 Å². The van der Waals surface area contributed by atoms with E-state index in [1.165, 1.54) is 0 Å². The van der Waals surface area contributed by atoms with Crippen molar-refractivity contribution in [2.75, 3.05) is 38.7 Å². The number of fused-ring (bicyclic) bond motifs is 1. The Labute approximate surface area is 181 Å². The SMILES string of the molecule is COCCNC(=O)c1ccc(Nc2ncc3cccc(OC4CCNCC4)c3n2)cc1. The number of rotatable bonds is 8. The molecule has 1 amide bonds. The molecule has 3 aromatic rings. The van der Waals surface area contributed by atoms with Gasteiger partial charge >= 0.3 is 0 Å². The van der Waals surface area contributed by atoms with Gasteiger partial charge in [0.1, 0.15) is 17.4 Å². The Morgan fingerprint density at radius 2 is 1.97 bits per heavy atom. The number of carbonyl (C=O) groups excluding carboxylic acids is 1. The van der Waals surface area contributed by atoms with Gasteiger partial charge in [-0.25, -0.2) is 9.97 Å². The molecule has 0 radical (unpaired) electrons. The zero-order valence-corrected chi connectivity index (χ0v) is 17.6. The van der Waals surface area contributed by atoms with Crippen LogP contribution < -0.4 is 20.7 Å². The lowest BCUT2D eigenvalue weighted by atomic mass is 10.1. The zero-order valence-electron chi connectivity index (χ0n) is 17.6. The lowest BCUT2D eigenvalue weighted by Crippen LogP contribution is -2.34. The van der Waals surface area contributed by atoms with Gasteiger partial charge in [-0.15, -0.1) is 0 Å². The van der Waals surface area contributed by atoms with E-state index in [0.717, 1.165) is 48.3 Å². The van der Waals surface area contributed by atoms with Crippen LogP contribution in [0.1, 0.15) is 23.2 Å². The van der Waals surface area contributed by atoms with Gasteiger partial charge in [0.2, 0.25) is 5.95 Å². The maximum atomic E-state index is 12.1. The Balaban J connectivity index is 1.47. The monoisotopic (exact) mass is 421 g/mol. The number of nitrogens with zero attached hydrogens (tertiary/aromatic N) is 2. The quantitative estimate of drug-likeness (QED) is 0.481. The summed E-state index contributed by atoms with van der Waals surface area (Å²) in [6.45, 7) is 2.89. The summed E-state index contributed by atoms with van der Waals surface area (Å²) in [7, 11) is 1.60. The first-order valence-corrected chi connectivity index (χ1v) is 10.5. The van der Waals surface area contributed by atoms with Crippen LogP contribution in [0.25, 0.3) is 10.9 Å². The highest BCUT2D eigenvalue weighted by Gasteiger charge is 2.16. The number of hydrogen-bond acceptors (Lipinski definition) is 7. The van der Waals surface area contributed by atoms with Crippen LogP contribution in [-0.4, -0.2) is 55.3 Å². The molecule has 0 unspecified atom stereocenters. The van der Waals surface area contributed by atoms with Gasteiger partial charge < -0.3 is 25.4 Å². The standard InChI is InChI=1S/C23H27N5O3/c1-30-14-13-25-22(29)16-5-7-18(8-6-16)27-23-26-15-17-3-2-4-20(21(17)28-23)31-19-9-11-24-12-10-19/h2-8,15,19,24H,9-14H2,1H3,(H,25,29)(H,26,27,28). The predicted molar refractivity (Wildman–Crippen MR) is 120 cm³/mol. The second kappa shape index (κ2) is 10.2. The molecule has 0 spiro atoms. The molecule has 1 aliphatic rings. The predicted octanol–water partition coefficient (Wildman–Crippen LogP) is 2.88. The van der Waals surface area contributed by atoms with Crippen LogP contribution in [0, 0.1) is 0 Å². The lowest BCUT2D eigenvalue weighted by Gasteiger charge is -2.24. The minimum atomic E-state index is -0.134. The molecule has 8 nitrogen and oxygen atoms in total. The number of hydrogen-bond donors (Lipinski definition) is 3. The van der Waals surface area contributed by atoms with Gasteiger partial charge in [0.05, 0.1) is 6.61 Å². The Hall–Kier alpha value is -3.23. The van der Waals surface area contributed by atoms with Crippen molar-refractivity contribution < 1.29 is 14.3 Å². The third kappa shape index (κ3) is 5.48. The smallest absolute Gasteiger partial charge is 0.251 e. The van der Waals surface area contributed by atoms with Crippen molar-refractivity contribution in [2.24, 2.45) is 0 Å². The summed E-state index contributed by atoms with van der Waals surface area (Å²) in [5.41, 5.74) is 2.16. The van der Waals surface area contributed by atoms with Gasteiger partial charge in [0.25, 0.3) is 5.91 Å². The lowest BCUT2D eigenvalue weighted by molar-refractivity contribution is 0.0937. The summed E-state index contributed by atoms with van der Waals surface area (Å²) >= 11 is 0. The number of nitrogens with one attached hydrogen (secondary N) is 3. The van der Waals surface area contributed by atoms with Crippen LogP contribution >= 0.6 is 0 Å². The summed E-state index contributed by atoms with van der Waals surface area (Å²) in [6, 6.07) is 13.1. The molecule has 2 aromatic carbocycles. The average Bonchev–Trinajstić information content (AvgIpc) is 2.81. The fraction of sp³-hybridized carbons (Fsp3) is 0.348. The molecule has 1 fully saturated rings. The first-order chi connectivity index (χ1) is 15.2. The van der Waals surface area contributed by atoms with Gasteiger partial charge in [-0.3, -0.25) is 4.79 Å². The molecule has 0 bridgehead atoms. The van der Waals surface area contributed by atoms with E-state index in [2.05, 4.69) is 25.9 Å². The first-order valence-electron chi connectivity index (χ1n) is 10.5. The zero-order chi connectivity index (χ0) is 21.5. The molecule has 162 valence electrons. The van der Waals surface area contributed by atoms with Crippen LogP contribution in [0.4, 0.5) is 11.6 Å². The normalized spacial score (nSPS) is 14.4. The van der Waals surface area contributed by atoms with Crippen LogP contribution in [0.2, 0.25) is 0 Å². The van der Waals surface area contributed by atoms with Gasteiger partial charge in [0, 0.05) is 36.5 Å². The molecule has 1 aromatic heterocycles. The van der Waals surface area contributed by atoms with Crippen molar-refractivity contribution in [3.05, 3.63) is 54.2 Å². The maximum Gasteiger partial charge on any atom is 0.251 e. The minimum Gasteiger partial charge on any atom is -0.488 e. The van der Waals surface area contributed by atoms with Gasteiger partial charge in [-0.2, -0.15) is 0 Å². The number of methoxy groups -OCH3 is 1. The summed E-state index contributed by atoms with van der Waals surface area (Å²) in [5, 5.41) is 10.3. The van der Waals surface area contributed by atoms with Crippen LogP contribution in [0.15, 0.2) is 48.7 Å². The Morgan fingerprint density at radius 3 is 2.74 bits per heavy atom. The third-order valence-corrected chi connectivity index (χ3v) is 5.15. The van der Waals surface area contributed by atoms with E-state index >= 15 is 0 Å².